The molecule has 5 unspecified atom stereocenters. The number of nitrogens with one attached hydrogen (secondary N) is 1. The number of hydrogen-bond donors (Lipinski definition) is 3. The lowest BCUT2D eigenvalue weighted by atomic mass is 9.77. The highest BCUT2D eigenvalue weighted by molar-refractivity contribution is 5.96. The second-order valence-corrected chi connectivity index (χ2v) is 9.22. The highest BCUT2D eigenvalue weighted by Crippen LogP contribution is 2.51. The first-order chi connectivity index (χ1) is 17.9. The van der Waals surface area contributed by atoms with Crippen LogP contribution in [0.4, 0.5) is 0 Å². The van der Waals surface area contributed by atoms with E-state index in [-0.39, 0.29) is 43.9 Å². The van der Waals surface area contributed by atoms with Crippen LogP contribution in [0.2, 0.25) is 0 Å². The summed E-state index contributed by atoms with van der Waals surface area (Å²) in [6.45, 7) is 2.53. The topological polar surface area (TPSA) is 144 Å². The number of carbonyl (C=O) groups is 3. The standard InChI is InChI=1S/C26H34N2O9/c1-3-35-14-21(31)28(12-16-5-4-8-36-16)19-11-18(26(33)27-6-7-29)22-17-9-15(13-30)10-20(34-2)24(17)37-25(22)23(19)32/h9-11,13,16,19,22-23,25,29,32H,3-8,12,14H2,1-2H3,(H,27,33). The Bertz CT molecular complexity index is 1040. The summed E-state index contributed by atoms with van der Waals surface area (Å²) < 4.78 is 22.7. The van der Waals surface area contributed by atoms with Crippen molar-refractivity contribution in [1.82, 2.24) is 10.2 Å². The molecular weight excluding hydrogens is 484 g/mol. The Morgan fingerprint density at radius 2 is 2.14 bits per heavy atom. The number of aldehydes is 1. The third-order valence-corrected chi connectivity index (χ3v) is 6.95. The number of fused-ring (bicyclic) bond motifs is 3. The predicted octanol–water partition coefficient (Wildman–Crippen LogP) is 0.174. The summed E-state index contributed by atoms with van der Waals surface area (Å²) in [4.78, 5) is 39.6. The molecule has 4 rings (SSSR count). The Kier molecular flexibility index (Phi) is 8.80. The number of carbonyl (C=O) groups excluding carboxylic acids is 3. The predicted molar refractivity (Wildman–Crippen MR) is 131 cm³/mol. The second-order valence-electron chi connectivity index (χ2n) is 9.22. The molecule has 0 radical (unpaired) electrons. The first-order valence-electron chi connectivity index (χ1n) is 12.5. The first kappa shape index (κ1) is 27.1. The lowest BCUT2D eigenvalue weighted by Gasteiger charge is -2.41. The molecule has 11 heteroatoms. The molecule has 202 valence electrons. The normalized spacial score (nSPS) is 25.9. The average Bonchev–Trinajstić information content (AvgIpc) is 3.57. The van der Waals surface area contributed by atoms with Gasteiger partial charge in [0.15, 0.2) is 11.5 Å². The molecule has 37 heavy (non-hydrogen) atoms. The van der Waals surface area contributed by atoms with Crippen molar-refractivity contribution in [2.24, 2.45) is 0 Å². The molecule has 0 bridgehead atoms. The van der Waals surface area contributed by atoms with Crippen molar-refractivity contribution >= 4 is 18.1 Å². The van der Waals surface area contributed by atoms with Gasteiger partial charge in [0, 0.05) is 43.0 Å². The van der Waals surface area contributed by atoms with E-state index in [9.17, 15) is 24.6 Å². The van der Waals surface area contributed by atoms with Gasteiger partial charge < -0.3 is 39.4 Å². The zero-order valence-corrected chi connectivity index (χ0v) is 21.1. The number of aliphatic hydroxyl groups excluding tert-OH is 2. The Morgan fingerprint density at radius 3 is 2.78 bits per heavy atom. The van der Waals surface area contributed by atoms with Gasteiger partial charge in [0.25, 0.3) is 0 Å². The molecule has 1 aliphatic carbocycles. The molecule has 1 aromatic carbocycles. The van der Waals surface area contributed by atoms with Crippen molar-refractivity contribution in [2.75, 3.05) is 46.6 Å². The van der Waals surface area contributed by atoms with Gasteiger partial charge in [-0.25, -0.2) is 0 Å². The second kappa shape index (κ2) is 12.0. The lowest BCUT2D eigenvalue weighted by Crippen LogP contribution is -2.57. The molecule has 5 atom stereocenters. The average molecular weight is 519 g/mol. The Labute approximate surface area is 215 Å². The molecule has 3 N–H and O–H groups in total. The van der Waals surface area contributed by atoms with Crippen LogP contribution in [-0.2, 0) is 19.1 Å². The molecule has 1 saturated heterocycles. The molecular formula is C26H34N2O9. The molecule has 0 spiro atoms. The first-order valence-corrected chi connectivity index (χ1v) is 12.5. The SMILES string of the molecule is CCOCC(=O)N(CC1CCCO1)C1C=C(C(=O)NCCO)C2c3cc(C=O)cc(OC)c3OC2C1O. The monoisotopic (exact) mass is 518 g/mol. The molecule has 11 nitrogen and oxygen atoms in total. The Balaban J connectivity index is 1.77. The number of aliphatic hydroxyl groups is 2. The van der Waals surface area contributed by atoms with Gasteiger partial charge in [-0.05, 0) is 38.0 Å². The maximum absolute atomic E-state index is 13.3. The van der Waals surface area contributed by atoms with Crippen LogP contribution in [0.5, 0.6) is 11.5 Å². The van der Waals surface area contributed by atoms with Crippen molar-refractivity contribution in [3.8, 4) is 11.5 Å². The summed E-state index contributed by atoms with van der Waals surface area (Å²) in [7, 11) is 1.44. The number of hydrogen-bond acceptors (Lipinski definition) is 9. The number of methoxy groups -OCH3 is 1. The summed E-state index contributed by atoms with van der Waals surface area (Å²) in [5.41, 5.74) is 1.12. The van der Waals surface area contributed by atoms with E-state index in [1.807, 2.05) is 0 Å². The molecule has 2 heterocycles. The van der Waals surface area contributed by atoms with E-state index in [1.165, 1.54) is 18.1 Å². The van der Waals surface area contributed by atoms with Crippen LogP contribution < -0.4 is 14.8 Å². The zero-order chi connectivity index (χ0) is 26.5. The van der Waals surface area contributed by atoms with Crippen LogP contribution in [0.1, 0.15) is 41.6 Å². The smallest absolute Gasteiger partial charge is 0.249 e. The fourth-order valence-corrected chi connectivity index (χ4v) is 5.23. The minimum absolute atomic E-state index is 0.0229. The summed E-state index contributed by atoms with van der Waals surface area (Å²) in [5, 5.41) is 23.5. The highest BCUT2D eigenvalue weighted by Gasteiger charge is 2.51. The molecule has 1 aromatic rings. The van der Waals surface area contributed by atoms with Crippen LogP contribution in [0.3, 0.4) is 0 Å². The summed E-state index contributed by atoms with van der Waals surface area (Å²) in [6, 6.07) is 2.23. The molecule has 2 aliphatic heterocycles. The third-order valence-electron chi connectivity index (χ3n) is 6.95. The van der Waals surface area contributed by atoms with Gasteiger partial charge in [0.1, 0.15) is 25.1 Å². The molecule has 0 aromatic heterocycles. The van der Waals surface area contributed by atoms with Crippen LogP contribution in [0, 0.1) is 0 Å². The molecule has 0 saturated carbocycles. The van der Waals surface area contributed by atoms with Crippen molar-refractivity contribution < 1.29 is 43.5 Å². The van der Waals surface area contributed by atoms with E-state index in [4.69, 9.17) is 18.9 Å². The fourth-order valence-electron chi connectivity index (χ4n) is 5.23. The summed E-state index contributed by atoms with van der Waals surface area (Å²) in [5.74, 6) is -0.906. The van der Waals surface area contributed by atoms with E-state index in [0.29, 0.717) is 42.1 Å². The van der Waals surface area contributed by atoms with Gasteiger partial charge >= 0.3 is 0 Å². The van der Waals surface area contributed by atoms with Crippen LogP contribution in [-0.4, -0.2) is 104 Å². The van der Waals surface area contributed by atoms with E-state index in [1.54, 1.807) is 19.1 Å². The number of nitrogens with zero attached hydrogens (tertiary/aromatic N) is 1. The van der Waals surface area contributed by atoms with E-state index in [0.717, 1.165) is 12.8 Å². The molecule has 1 fully saturated rings. The number of rotatable bonds is 11. The van der Waals surface area contributed by atoms with Gasteiger partial charge in [0.05, 0.1) is 31.8 Å². The number of amides is 2. The van der Waals surface area contributed by atoms with Gasteiger partial charge in [-0.1, -0.05) is 0 Å². The third kappa shape index (κ3) is 5.49. The number of ether oxygens (including phenoxy) is 4. The maximum atomic E-state index is 13.3. The van der Waals surface area contributed by atoms with E-state index >= 15 is 0 Å². The summed E-state index contributed by atoms with van der Waals surface area (Å²) in [6.07, 6.45) is 1.56. The van der Waals surface area contributed by atoms with Crippen LogP contribution in [0.25, 0.3) is 0 Å². The van der Waals surface area contributed by atoms with Gasteiger partial charge in [0.2, 0.25) is 11.8 Å². The minimum atomic E-state index is -1.21. The maximum Gasteiger partial charge on any atom is 0.249 e. The van der Waals surface area contributed by atoms with E-state index < -0.39 is 30.1 Å². The minimum Gasteiger partial charge on any atom is -0.493 e. The van der Waals surface area contributed by atoms with Crippen LogP contribution >= 0.6 is 0 Å². The molecule has 3 aliphatic rings. The largest absolute Gasteiger partial charge is 0.493 e. The van der Waals surface area contributed by atoms with Crippen molar-refractivity contribution in [3.05, 3.63) is 34.9 Å². The fraction of sp³-hybridized carbons (Fsp3) is 0.577. The van der Waals surface area contributed by atoms with Gasteiger partial charge in [-0.15, -0.1) is 0 Å². The Hall–Kier alpha value is -2.99. The van der Waals surface area contributed by atoms with E-state index in [2.05, 4.69) is 5.32 Å². The molecule has 2 amide bonds. The van der Waals surface area contributed by atoms with Crippen molar-refractivity contribution in [2.45, 2.75) is 50.0 Å². The lowest BCUT2D eigenvalue weighted by molar-refractivity contribution is -0.143. The number of benzene rings is 1. The zero-order valence-electron chi connectivity index (χ0n) is 21.1. The quantitative estimate of drug-likeness (QED) is 0.349. The van der Waals surface area contributed by atoms with Crippen LogP contribution in [0.15, 0.2) is 23.8 Å². The Morgan fingerprint density at radius 1 is 1.32 bits per heavy atom. The van der Waals surface area contributed by atoms with Crippen molar-refractivity contribution in [3.63, 3.8) is 0 Å². The highest BCUT2D eigenvalue weighted by atomic mass is 16.5. The van der Waals surface area contributed by atoms with Gasteiger partial charge in [-0.3, -0.25) is 14.4 Å². The van der Waals surface area contributed by atoms with Gasteiger partial charge in [-0.2, -0.15) is 0 Å². The summed E-state index contributed by atoms with van der Waals surface area (Å²) >= 11 is 0. The van der Waals surface area contributed by atoms with Crippen molar-refractivity contribution in [1.29, 1.82) is 0 Å².